The molecule has 0 aliphatic rings. The van der Waals surface area contributed by atoms with Gasteiger partial charge >= 0.3 is 5.97 Å². The number of hydrogen-bond acceptors (Lipinski definition) is 3. The molecule has 0 saturated heterocycles. The van der Waals surface area contributed by atoms with Crippen molar-refractivity contribution >= 4 is 23.4 Å². The zero-order chi connectivity index (χ0) is 14.7. The van der Waals surface area contributed by atoms with Crippen LogP contribution in [0.15, 0.2) is 36.5 Å². The number of nitrogens with zero attached hydrogens (tertiary/aromatic N) is 2. The first kappa shape index (κ1) is 14.3. The van der Waals surface area contributed by atoms with Gasteiger partial charge in [-0.25, -0.2) is 9.78 Å². The molecule has 2 aromatic rings. The molecule has 20 heavy (non-hydrogen) atoms. The van der Waals surface area contributed by atoms with Crippen molar-refractivity contribution in [3.8, 4) is 0 Å². The fraction of sp³-hybridized carbons (Fsp3) is 0.200. The molecule has 1 aromatic carbocycles. The molecule has 0 fully saturated rings. The summed E-state index contributed by atoms with van der Waals surface area (Å²) >= 11 is 5.85. The fourth-order valence-corrected chi connectivity index (χ4v) is 2.16. The van der Waals surface area contributed by atoms with Crippen molar-refractivity contribution in [1.82, 2.24) is 4.98 Å². The van der Waals surface area contributed by atoms with Crippen LogP contribution >= 0.6 is 11.6 Å². The van der Waals surface area contributed by atoms with E-state index in [4.69, 9.17) is 11.6 Å². The first-order valence-corrected chi connectivity index (χ1v) is 6.51. The minimum absolute atomic E-state index is 0.240. The smallest absolute Gasteiger partial charge is 0.339 e. The Balaban J connectivity index is 2.29. The maximum absolute atomic E-state index is 11.4. The molecule has 1 N–H and O–H groups in total. The largest absolute Gasteiger partial charge is 0.478 e. The highest BCUT2D eigenvalue weighted by atomic mass is 35.5. The average Bonchev–Trinajstić information content (AvgIpc) is 2.40. The van der Waals surface area contributed by atoms with Gasteiger partial charge in [-0.05, 0) is 36.2 Å². The van der Waals surface area contributed by atoms with Crippen LogP contribution in [-0.4, -0.2) is 23.1 Å². The van der Waals surface area contributed by atoms with Crippen LogP contribution in [0.2, 0.25) is 5.02 Å². The molecule has 0 amide bonds. The average molecular weight is 291 g/mol. The van der Waals surface area contributed by atoms with Crippen molar-refractivity contribution in [2.75, 3.05) is 11.9 Å². The Bertz CT molecular complexity index is 626. The Labute approximate surface area is 122 Å². The van der Waals surface area contributed by atoms with Crippen molar-refractivity contribution in [3.05, 3.63) is 58.2 Å². The van der Waals surface area contributed by atoms with Crippen LogP contribution < -0.4 is 4.90 Å². The number of pyridine rings is 1. The Morgan fingerprint density at radius 2 is 1.95 bits per heavy atom. The molecule has 0 unspecified atom stereocenters. The number of rotatable bonds is 4. The van der Waals surface area contributed by atoms with Gasteiger partial charge in [-0.3, -0.25) is 0 Å². The maximum Gasteiger partial charge on any atom is 0.339 e. The minimum Gasteiger partial charge on any atom is -0.478 e. The lowest BCUT2D eigenvalue weighted by Crippen LogP contribution is -2.21. The summed E-state index contributed by atoms with van der Waals surface area (Å²) in [5.74, 6) is -0.499. The van der Waals surface area contributed by atoms with E-state index in [-0.39, 0.29) is 5.56 Å². The van der Waals surface area contributed by atoms with Gasteiger partial charge < -0.3 is 10.0 Å². The second-order valence-electron chi connectivity index (χ2n) is 4.61. The van der Waals surface area contributed by atoms with Crippen LogP contribution in [0.25, 0.3) is 0 Å². The van der Waals surface area contributed by atoms with E-state index >= 15 is 0 Å². The number of benzene rings is 1. The monoisotopic (exact) mass is 290 g/mol. The first-order chi connectivity index (χ1) is 9.49. The first-order valence-electron chi connectivity index (χ1n) is 6.13. The standard InChI is InChI=1S/C15H15ClN2O2/c1-10-7-8-17-14(13(10)15(19)20)18(2)9-11-3-5-12(16)6-4-11/h3-8H,9H2,1-2H3,(H,19,20). The normalized spacial score (nSPS) is 10.3. The molecule has 5 heteroatoms. The quantitative estimate of drug-likeness (QED) is 0.938. The molecule has 104 valence electrons. The highest BCUT2D eigenvalue weighted by molar-refractivity contribution is 6.30. The number of carbonyl (C=O) groups is 1. The van der Waals surface area contributed by atoms with Gasteiger partial charge in [0.05, 0.1) is 0 Å². The number of hydrogen-bond donors (Lipinski definition) is 1. The van der Waals surface area contributed by atoms with Gasteiger partial charge in [-0.1, -0.05) is 23.7 Å². The summed E-state index contributed by atoms with van der Waals surface area (Å²) in [5, 5.41) is 9.99. The summed E-state index contributed by atoms with van der Waals surface area (Å²) in [7, 11) is 1.82. The lowest BCUT2D eigenvalue weighted by molar-refractivity contribution is 0.0696. The maximum atomic E-state index is 11.4. The highest BCUT2D eigenvalue weighted by Gasteiger charge is 2.17. The van der Waals surface area contributed by atoms with E-state index in [2.05, 4.69) is 4.98 Å². The van der Waals surface area contributed by atoms with E-state index in [0.717, 1.165) is 5.56 Å². The van der Waals surface area contributed by atoms with Crippen LogP contribution in [0.1, 0.15) is 21.5 Å². The molecule has 2 rings (SSSR count). The Morgan fingerprint density at radius 3 is 2.55 bits per heavy atom. The molecule has 0 aliphatic carbocycles. The number of aromatic nitrogens is 1. The molecule has 1 aromatic heterocycles. The Morgan fingerprint density at radius 1 is 1.30 bits per heavy atom. The summed E-state index contributed by atoms with van der Waals surface area (Å²) in [5.41, 5.74) is 1.98. The molecule has 0 saturated carbocycles. The van der Waals surface area contributed by atoms with Crippen LogP contribution in [0.4, 0.5) is 5.82 Å². The van der Waals surface area contributed by atoms with Gasteiger partial charge in [0.15, 0.2) is 0 Å². The zero-order valence-corrected chi connectivity index (χ0v) is 12.1. The van der Waals surface area contributed by atoms with Gasteiger partial charge in [0.25, 0.3) is 0 Å². The molecule has 0 atom stereocenters. The van der Waals surface area contributed by atoms with E-state index in [0.29, 0.717) is 22.9 Å². The van der Waals surface area contributed by atoms with E-state index in [1.807, 2.05) is 36.2 Å². The molecule has 0 aliphatic heterocycles. The predicted molar refractivity (Wildman–Crippen MR) is 79.5 cm³/mol. The van der Waals surface area contributed by atoms with E-state index < -0.39 is 5.97 Å². The number of aryl methyl sites for hydroxylation is 1. The van der Waals surface area contributed by atoms with Crippen molar-refractivity contribution in [2.45, 2.75) is 13.5 Å². The predicted octanol–water partition coefficient (Wildman–Crippen LogP) is 3.38. The Hall–Kier alpha value is -2.07. The van der Waals surface area contributed by atoms with Crippen molar-refractivity contribution in [2.24, 2.45) is 0 Å². The van der Waals surface area contributed by atoms with Gasteiger partial charge in [0.2, 0.25) is 0 Å². The van der Waals surface area contributed by atoms with Crippen LogP contribution in [0, 0.1) is 6.92 Å². The lowest BCUT2D eigenvalue weighted by atomic mass is 10.1. The number of halogens is 1. The minimum atomic E-state index is -0.964. The van der Waals surface area contributed by atoms with E-state index in [9.17, 15) is 9.90 Å². The highest BCUT2D eigenvalue weighted by Crippen LogP contribution is 2.22. The van der Waals surface area contributed by atoms with Crippen molar-refractivity contribution in [1.29, 1.82) is 0 Å². The van der Waals surface area contributed by atoms with E-state index in [1.54, 1.807) is 19.2 Å². The zero-order valence-electron chi connectivity index (χ0n) is 11.3. The number of carboxylic acids is 1. The van der Waals surface area contributed by atoms with Gasteiger partial charge in [-0.2, -0.15) is 0 Å². The summed E-state index contributed by atoms with van der Waals surface area (Å²) in [6, 6.07) is 9.15. The molecular weight excluding hydrogens is 276 g/mol. The van der Waals surface area contributed by atoms with Crippen LogP contribution in [0.5, 0.6) is 0 Å². The van der Waals surface area contributed by atoms with Crippen LogP contribution in [-0.2, 0) is 6.54 Å². The second kappa shape index (κ2) is 5.92. The van der Waals surface area contributed by atoms with Gasteiger partial charge in [0, 0.05) is 24.8 Å². The number of aromatic carboxylic acids is 1. The lowest BCUT2D eigenvalue weighted by Gasteiger charge is -2.21. The summed E-state index contributed by atoms with van der Waals surface area (Å²) in [4.78, 5) is 17.4. The molecule has 0 spiro atoms. The number of anilines is 1. The van der Waals surface area contributed by atoms with Crippen molar-refractivity contribution < 1.29 is 9.90 Å². The fourth-order valence-electron chi connectivity index (χ4n) is 2.04. The third-order valence-corrected chi connectivity index (χ3v) is 3.30. The second-order valence-corrected chi connectivity index (χ2v) is 5.05. The summed E-state index contributed by atoms with van der Waals surface area (Å²) in [6.45, 7) is 2.33. The van der Waals surface area contributed by atoms with Gasteiger partial charge in [-0.15, -0.1) is 0 Å². The van der Waals surface area contributed by atoms with E-state index in [1.165, 1.54) is 0 Å². The number of carboxylic acid groups (broad SMARTS) is 1. The third-order valence-electron chi connectivity index (χ3n) is 3.05. The third kappa shape index (κ3) is 3.08. The van der Waals surface area contributed by atoms with Crippen molar-refractivity contribution in [3.63, 3.8) is 0 Å². The molecule has 0 radical (unpaired) electrons. The molecular formula is C15H15ClN2O2. The Kier molecular flexibility index (Phi) is 4.25. The van der Waals surface area contributed by atoms with Crippen LogP contribution in [0.3, 0.4) is 0 Å². The molecule has 1 heterocycles. The summed E-state index contributed by atoms with van der Waals surface area (Å²) in [6.07, 6.45) is 1.62. The van der Waals surface area contributed by atoms with Gasteiger partial charge in [0.1, 0.15) is 11.4 Å². The molecule has 0 bridgehead atoms. The summed E-state index contributed by atoms with van der Waals surface area (Å²) < 4.78 is 0. The topological polar surface area (TPSA) is 53.4 Å². The SMILES string of the molecule is Cc1ccnc(N(C)Cc2ccc(Cl)cc2)c1C(=O)O. The molecule has 4 nitrogen and oxygen atoms in total.